The normalized spacial score (nSPS) is 22.7. The van der Waals surface area contributed by atoms with E-state index in [1.54, 1.807) is 5.82 Å². The summed E-state index contributed by atoms with van der Waals surface area (Å²) in [5.74, 6) is 1.73. The smallest absolute Gasteiger partial charge is 0.295 e. The van der Waals surface area contributed by atoms with Crippen molar-refractivity contribution in [2.75, 3.05) is 13.2 Å². The topological polar surface area (TPSA) is 29.5 Å². The molecule has 3 nitrogen and oxygen atoms in total. The van der Waals surface area contributed by atoms with E-state index in [2.05, 4.69) is 24.3 Å². The predicted octanol–water partition coefficient (Wildman–Crippen LogP) is 5.23. The quantitative estimate of drug-likeness (QED) is 0.721. The molecule has 1 atom stereocenters. The molecule has 1 heterocycles. The van der Waals surface area contributed by atoms with Gasteiger partial charge in [-0.3, -0.25) is 4.57 Å². The van der Waals surface area contributed by atoms with Gasteiger partial charge in [0.1, 0.15) is 0 Å². The van der Waals surface area contributed by atoms with Crippen molar-refractivity contribution >= 4 is 7.52 Å². The Morgan fingerprint density at radius 3 is 2.13 bits per heavy atom. The first-order valence-electron chi connectivity index (χ1n) is 8.00. The zero-order valence-corrected chi connectivity index (χ0v) is 14.2. The molecule has 0 spiro atoms. The van der Waals surface area contributed by atoms with Crippen LogP contribution < -0.4 is 0 Å². The summed E-state index contributed by atoms with van der Waals surface area (Å²) in [4.78, 5) is 0. The molecule has 0 saturated carbocycles. The van der Waals surface area contributed by atoms with Gasteiger partial charge < -0.3 is 4.52 Å². The number of hydrogen-bond acceptors (Lipinski definition) is 2. The van der Waals surface area contributed by atoms with Crippen molar-refractivity contribution in [2.24, 2.45) is 0 Å². The molecule has 120 valence electrons. The predicted molar refractivity (Wildman–Crippen MR) is 94.4 cm³/mol. The average Bonchev–Trinajstić information content (AvgIpc) is 2.59. The molecule has 23 heavy (non-hydrogen) atoms. The fourth-order valence-corrected chi connectivity index (χ4v) is 5.23. The largest absolute Gasteiger partial charge is 0.314 e. The van der Waals surface area contributed by atoms with Crippen LogP contribution in [0, 0.1) is 0 Å². The summed E-state index contributed by atoms with van der Waals surface area (Å²) in [6.45, 7) is 3.19. The lowest BCUT2D eigenvalue weighted by atomic mass is 9.98. The SMILES string of the molecule is C/C=C/P1(=O)OCCCN1C(c1ccccc1)c1ccccc1. The Kier molecular flexibility index (Phi) is 5.12. The molecule has 0 aromatic heterocycles. The molecule has 2 aromatic carbocycles. The van der Waals surface area contributed by atoms with E-state index in [0.29, 0.717) is 6.61 Å². The number of rotatable bonds is 4. The van der Waals surface area contributed by atoms with E-state index in [4.69, 9.17) is 4.52 Å². The van der Waals surface area contributed by atoms with Gasteiger partial charge in [0.05, 0.1) is 12.6 Å². The Bertz CT molecular complexity index is 660. The van der Waals surface area contributed by atoms with Crippen LogP contribution in [0.25, 0.3) is 0 Å². The summed E-state index contributed by atoms with van der Waals surface area (Å²) in [5, 5.41) is 0. The molecule has 1 fully saturated rings. The van der Waals surface area contributed by atoms with Gasteiger partial charge in [0.15, 0.2) is 0 Å². The van der Waals surface area contributed by atoms with Crippen molar-refractivity contribution in [3.8, 4) is 0 Å². The maximum Gasteiger partial charge on any atom is 0.295 e. The first kappa shape index (κ1) is 16.2. The summed E-state index contributed by atoms with van der Waals surface area (Å²) in [6.07, 6.45) is 2.71. The molecule has 0 amide bonds. The fraction of sp³-hybridized carbons (Fsp3) is 0.263. The van der Waals surface area contributed by atoms with Crippen molar-refractivity contribution in [3.63, 3.8) is 0 Å². The molecule has 2 aromatic rings. The number of nitrogens with zero attached hydrogens (tertiary/aromatic N) is 1. The van der Waals surface area contributed by atoms with Crippen LogP contribution in [0.15, 0.2) is 72.6 Å². The first-order chi connectivity index (χ1) is 11.2. The molecule has 0 bridgehead atoms. The molecule has 0 radical (unpaired) electrons. The van der Waals surface area contributed by atoms with E-state index >= 15 is 0 Å². The van der Waals surface area contributed by atoms with E-state index in [-0.39, 0.29) is 6.04 Å². The summed E-state index contributed by atoms with van der Waals surface area (Å²) in [5.41, 5.74) is 2.27. The minimum Gasteiger partial charge on any atom is -0.314 e. The van der Waals surface area contributed by atoms with Gasteiger partial charge in [0, 0.05) is 12.4 Å². The second-order valence-corrected chi connectivity index (χ2v) is 7.82. The van der Waals surface area contributed by atoms with Crippen molar-refractivity contribution < 1.29 is 9.09 Å². The van der Waals surface area contributed by atoms with Crippen molar-refractivity contribution in [2.45, 2.75) is 19.4 Å². The zero-order chi connectivity index (χ0) is 16.1. The van der Waals surface area contributed by atoms with Crippen LogP contribution in [0.5, 0.6) is 0 Å². The monoisotopic (exact) mass is 327 g/mol. The lowest BCUT2D eigenvalue weighted by Crippen LogP contribution is -2.32. The lowest BCUT2D eigenvalue weighted by Gasteiger charge is -2.39. The van der Waals surface area contributed by atoms with Crippen LogP contribution in [0.2, 0.25) is 0 Å². The third-order valence-electron chi connectivity index (χ3n) is 4.03. The summed E-state index contributed by atoms with van der Waals surface area (Å²) >= 11 is 0. The summed E-state index contributed by atoms with van der Waals surface area (Å²) < 4.78 is 21.1. The van der Waals surface area contributed by atoms with Crippen molar-refractivity contribution in [1.82, 2.24) is 4.67 Å². The van der Waals surface area contributed by atoms with E-state index in [0.717, 1.165) is 24.1 Å². The highest BCUT2D eigenvalue weighted by molar-refractivity contribution is 7.59. The van der Waals surface area contributed by atoms with Gasteiger partial charge in [0.2, 0.25) is 0 Å². The standard InChI is InChI=1S/C19H22NO2P/c1-2-16-23(21)20(14-9-15-22-23)19(17-10-5-3-6-11-17)18-12-7-4-8-13-18/h2-8,10-13,16,19H,9,14-15H2,1H3/b16-2+. The van der Waals surface area contributed by atoms with Gasteiger partial charge in [-0.25, -0.2) is 4.67 Å². The minimum absolute atomic E-state index is 0.0697. The van der Waals surface area contributed by atoms with Gasteiger partial charge in [-0.1, -0.05) is 66.7 Å². The number of allylic oxidation sites excluding steroid dienone is 1. The molecule has 3 rings (SSSR count). The summed E-state index contributed by atoms with van der Waals surface area (Å²) in [6, 6.07) is 20.4. The lowest BCUT2D eigenvalue weighted by molar-refractivity contribution is 0.195. The van der Waals surface area contributed by atoms with Crippen LogP contribution >= 0.6 is 7.52 Å². The summed E-state index contributed by atoms with van der Waals surface area (Å²) in [7, 11) is -2.96. The van der Waals surface area contributed by atoms with Crippen molar-refractivity contribution in [1.29, 1.82) is 0 Å². The highest BCUT2D eigenvalue weighted by Crippen LogP contribution is 2.59. The Morgan fingerprint density at radius 2 is 1.61 bits per heavy atom. The molecule has 0 N–H and O–H groups in total. The van der Waals surface area contributed by atoms with Gasteiger partial charge in [-0.2, -0.15) is 0 Å². The average molecular weight is 327 g/mol. The van der Waals surface area contributed by atoms with E-state index < -0.39 is 7.52 Å². The highest BCUT2D eigenvalue weighted by Gasteiger charge is 2.38. The fourth-order valence-electron chi connectivity index (χ4n) is 3.05. The van der Waals surface area contributed by atoms with E-state index in [1.807, 2.05) is 54.1 Å². The van der Waals surface area contributed by atoms with Crippen LogP contribution in [0.4, 0.5) is 0 Å². The van der Waals surface area contributed by atoms with E-state index in [1.165, 1.54) is 0 Å². The Balaban J connectivity index is 2.09. The molecule has 1 unspecified atom stereocenters. The number of hydrogen-bond donors (Lipinski definition) is 0. The van der Waals surface area contributed by atoms with Crippen LogP contribution in [0.3, 0.4) is 0 Å². The molecular weight excluding hydrogens is 305 g/mol. The molecule has 4 heteroatoms. The van der Waals surface area contributed by atoms with Gasteiger partial charge in [-0.05, 0) is 24.5 Å². The van der Waals surface area contributed by atoms with Gasteiger partial charge >= 0.3 is 0 Å². The van der Waals surface area contributed by atoms with Crippen LogP contribution in [-0.4, -0.2) is 17.8 Å². The number of benzene rings is 2. The first-order valence-corrected chi connectivity index (χ1v) is 9.64. The molecule has 1 aliphatic heterocycles. The second-order valence-electron chi connectivity index (χ2n) is 5.62. The maximum absolute atomic E-state index is 13.4. The highest BCUT2D eigenvalue weighted by atomic mass is 31.2. The van der Waals surface area contributed by atoms with Crippen LogP contribution in [0.1, 0.15) is 30.5 Å². The molecule has 0 aliphatic carbocycles. The molecule has 1 aliphatic rings. The molecule has 1 saturated heterocycles. The Morgan fingerprint density at radius 1 is 1.04 bits per heavy atom. The maximum atomic E-state index is 13.4. The van der Waals surface area contributed by atoms with Crippen LogP contribution in [-0.2, 0) is 9.09 Å². The third kappa shape index (κ3) is 3.48. The van der Waals surface area contributed by atoms with Gasteiger partial charge in [-0.15, -0.1) is 0 Å². The Hall–Kier alpha value is -1.67. The third-order valence-corrected chi connectivity index (χ3v) is 6.41. The van der Waals surface area contributed by atoms with Crippen molar-refractivity contribution in [3.05, 3.63) is 83.7 Å². The Labute approximate surface area is 138 Å². The zero-order valence-electron chi connectivity index (χ0n) is 13.3. The van der Waals surface area contributed by atoms with Gasteiger partial charge in [0.25, 0.3) is 7.52 Å². The molecular formula is C19H22NO2P. The second kappa shape index (κ2) is 7.27. The van der Waals surface area contributed by atoms with E-state index in [9.17, 15) is 4.57 Å². The minimum atomic E-state index is -2.96.